The van der Waals surface area contributed by atoms with Gasteiger partial charge in [-0.25, -0.2) is 14.4 Å². The molecular weight excluding hydrogens is 265 g/mol. The zero-order valence-electron chi connectivity index (χ0n) is 9.80. The van der Waals surface area contributed by atoms with Crippen molar-refractivity contribution < 1.29 is 4.39 Å². The van der Waals surface area contributed by atoms with E-state index < -0.39 is 0 Å². The van der Waals surface area contributed by atoms with Gasteiger partial charge in [-0.1, -0.05) is 0 Å². The summed E-state index contributed by atoms with van der Waals surface area (Å²) in [6, 6.07) is 6.05. The summed E-state index contributed by atoms with van der Waals surface area (Å²) in [5.41, 5.74) is 7.19. The molecule has 0 fully saturated rings. The lowest BCUT2D eigenvalue weighted by Gasteiger charge is -1.93. The molecule has 0 aliphatic rings. The van der Waals surface area contributed by atoms with Gasteiger partial charge in [0, 0.05) is 10.9 Å². The summed E-state index contributed by atoms with van der Waals surface area (Å²) in [5, 5.41) is 9.37. The highest BCUT2D eigenvalue weighted by Gasteiger charge is 2.08. The van der Waals surface area contributed by atoms with Crippen LogP contribution in [0.2, 0.25) is 0 Å². The van der Waals surface area contributed by atoms with Gasteiger partial charge in [-0.2, -0.15) is 5.10 Å². The smallest absolute Gasteiger partial charge is 0.181 e. The quantitative estimate of drug-likeness (QED) is 0.768. The molecule has 0 atom stereocenters. The van der Waals surface area contributed by atoms with Crippen LogP contribution in [-0.2, 0) is 6.42 Å². The van der Waals surface area contributed by atoms with Crippen LogP contribution in [0, 0.1) is 5.82 Å². The number of aromatic nitrogens is 4. The average Bonchev–Trinajstić information content (AvgIpc) is 3.00. The van der Waals surface area contributed by atoms with Gasteiger partial charge in [0.1, 0.15) is 11.6 Å². The van der Waals surface area contributed by atoms with Crippen LogP contribution in [-0.4, -0.2) is 20.2 Å². The number of hydrogen-bond donors (Lipinski definition) is 2. The summed E-state index contributed by atoms with van der Waals surface area (Å²) in [5.74, 6) is 0.959. The Morgan fingerprint density at radius 3 is 2.68 bits per heavy atom. The number of benzene rings is 1. The number of rotatable bonds is 3. The monoisotopic (exact) mass is 275 g/mol. The van der Waals surface area contributed by atoms with Gasteiger partial charge in [-0.3, -0.25) is 5.10 Å². The third-order valence-electron chi connectivity index (χ3n) is 2.55. The molecule has 2 heterocycles. The van der Waals surface area contributed by atoms with Crippen molar-refractivity contribution in [2.75, 3.05) is 5.73 Å². The number of aromatic amines is 1. The van der Waals surface area contributed by atoms with E-state index in [1.807, 2.05) is 5.38 Å². The first kappa shape index (κ1) is 11.8. The van der Waals surface area contributed by atoms with Gasteiger partial charge in [0.25, 0.3) is 0 Å². The van der Waals surface area contributed by atoms with Crippen molar-refractivity contribution in [3.63, 3.8) is 0 Å². The molecule has 1 aromatic carbocycles. The zero-order chi connectivity index (χ0) is 13.2. The zero-order valence-corrected chi connectivity index (χ0v) is 10.6. The minimum Gasteiger partial charge on any atom is -0.375 e. The number of nitrogen functional groups attached to an aromatic ring is 1. The molecule has 0 saturated heterocycles. The maximum absolute atomic E-state index is 12.8. The average molecular weight is 275 g/mol. The van der Waals surface area contributed by atoms with Crippen LogP contribution in [0.3, 0.4) is 0 Å². The van der Waals surface area contributed by atoms with E-state index in [-0.39, 0.29) is 5.82 Å². The van der Waals surface area contributed by atoms with E-state index in [4.69, 9.17) is 5.73 Å². The Kier molecular flexibility index (Phi) is 2.96. The normalized spacial score (nSPS) is 10.8. The standard InChI is InChI=1S/C12H10FN5S/c13-8-3-1-7(2-4-8)11-16-10(17-18-11)5-9-6-19-12(14)15-9/h1-4,6H,5H2,(H2,14,15)(H,16,17,18). The summed E-state index contributed by atoms with van der Waals surface area (Å²) in [4.78, 5) is 8.51. The number of nitrogens with two attached hydrogens (primary N) is 1. The van der Waals surface area contributed by atoms with Crippen molar-refractivity contribution in [1.82, 2.24) is 20.2 Å². The van der Waals surface area contributed by atoms with E-state index >= 15 is 0 Å². The van der Waals surface area contributed by atoms with Crippen molar-refractivity contribution in [2.45, 2.75) is 6.42 Å². The summed E-state index contributed by atoms with van der Waals surface area (Å²) >= 11 is 1.39. The lowest BCUT2D eigenvalue weighted by Crippen LogP contribution is -1.92. The van der Waals surface area contributed by atoms with Gasteiger partial charge in [0.2, 0.25) is 0 Å². The number of nitrogens with zero attached hydrogens (tertiary/aromatic N) is 3. The number of anilines is 1. The SMILES string of the molecule is Nc1nc(Cc2nc(-c3ccc(F)cc3)n[nH]2)cs1. The predicted molar refractivity (Wildman–Crippen MR) is 71.1 cm³/mol. The number of nitrogens with one attached hydrogen (secondary N) is 1. The minimum atomic E-state index is -0.280. The highest BCUT2D eigenvalue weighted by Crippen LogP contribution is 2.17. The largest absolute Gasteiger partial charge is 0.375 e. The Labute approximate surface area is 112 Å². The van der Waals surface area contributed by atoms with E-state index in [9.17, 15) is 4.39 Å². The van der Waals surface area contributed by atoms with Gasteiger partial charge in [-0.15, -0.1) is 11.3 Å². The number of halogens is 1. The first-order chi connectivity index (χ1) is 9.20. The lowest BCUT2D eigenvalue weighted by molar-refractivity contribution is 0.628. The highest BCUT2D eigenvalue weighted by molar-refractivity contribution is 7.13. The van der Waals surface area contributed by atoms with Crippen LogP contribution in [0.5, 0.6) is 0 Å². The van der Waals surface area contributed by atoms with Gasteiger partial charge in [0.05, 0.1) is 12.1 Å². The maximum Gasteiger partial charge on any atom is 0.181 e. The van der Waals surface area contributed by atoms with Crippen LogP contribution >= 0.6 is 11.3 Å². The van der Waals surface area contributed by atoms with E-state index in [1.54, 1.807) is 12.1 Å². The minimum absolute atomic E-state index is 0.280. The van der Waals surface area contributed by atoms with Gasteiger partial charge in [0.15, 0.2) is 11.0 Å². The number of H-pyrrole nitrogens is 1. The van der Waals surface area contributed by atoms with Crippen LogP contribution in [0.4, 0.5) is 9.52 Å². The van der Waals surface area contributed by atoms with Crippen LogP contribution in [0.1, 0.15) is 11.5 Å². The van der Waals surface area contributed by atoms with Gasteiger partial charge < -0.3 is 5.73 Å². The molecule has 7 heteroatoms. The molecule has 0 aliphatic heterocycles. The number of thiazole rings is 1. The van der Waals surface area contributed by atoms with Crippen LogP contribution in [0.15, 0.2) is 29.6 Å². The van der Waals surface area contributed by atoms with Crippen molar-refractivity contribution in [1.29, 1.82) is 0 Å². The Bertz CT molecular complexity index is 688. The second-order valence-electron chi connectivity index (χ2n) is 3.97. The highest BCUT2D eigenvalue weighted by atomic mass is 32.1. The maximum atomic E-state index is 12.8. The second kappa shape index (κ2) is 4.77. The van der Waals surface area contributed by atoms with Crippen molar-refractivity contribution in [2.24, 2.45) is 0 Å². The van der Waals surface area contributed by atoms with E-state index in [0.717, 1.165) is 11.3 Å². The molecule has 0 spiro atoms. The van der Waals surface area contributed by atoms with E-state index in [1.165, 1.54) is 23.5 Å². The number of hydrogen-bond acceptors (Lipinski definition) is 5. The van der Waals surface area contributed by atoms with Crippen LogP contribution in [0.25, 0.3) is 11.4 Å². The van der Waals surface area contributed by atoms with Crippen LogP contribution < -0.4 is 5.73 Å². The molecule has 5 nitrogen and oxygen atoms in total. The Balaban J connectivity index is 1.81. The Morgan fingerprint density at radius 2 is 2.00 bits per heavy atom. The third kappa shape index (κ3) is 2.60. The first-order valence-corrected chi connectivity index (χ1v) is 6.46. The summed E-state index contributed by atoms with van der Waals surface area (Å²) in [6.07, 6.45) is 0.544. The molecular formula is C12H10FN5S. The van der Waals surface area contributed by atoms with Gasteiger partial charge >= 0.3 is 0 Å². The molecule has 0 bridgehead atoms. The molecule has 0 saturated carbocycles. The fourth-order valence-electron chi connectivity index (χ4n) is 1.68. The molecule has 0 unspecified atom stereocenters. The molecule has 96 valence electrons. The van der Waals surface area contributed by atoms with Crippen molar-refractivity contribution >= 4 is 16.5 Å². The molecule has 3 aromatic rings. The van der Waals surface area contributed by atoms with Gasteiger partial charge in [-0.05, 0) is 24.3 Å². The molecule has 3 N–H and O–H groups in total. The second-order valence-corrected chi connectivity index (χ2v) is 4.86. The summed E-state index contributed by atoms with van der Waals surface area (Å²) in [7, 11) is 0. The summed E-state index contributed by atoms with van der Waals surface area (Å²) in [6.45, 7) is 0. The fraction of sp³-hybridized carbons (Fsp3) is 0.0833. The molecule has 0 aliphatic carbocycles. The van der Waals surface area contributed by atoms with E-state index in [0.29, 0.717) is 23.2 Å². The van der Waals surface area contributed by atoms with E-state index in [2.05, 4.69) is 20.2 Å². The molecule has 19 heavy (non-hydrogen) atoms. The lowest BCUT2D eigenvalue weighted by atomic mass is 10.2. The molecule has 3 rings (SSSR count). The molecule has 2 aromatic heterocycles. The predicted octanol–water partition coefficient (Wildman–Crippen LogP) is 2.24. The summed E-state index contributed by atoms with van der Waals surface area (Å²) < 4.78 is 12.8. The topological polar surface area (TPSA) is 80.5 Å². The van der Waals surface area contributed by atoms with Crippen molar-refractivity contribution in [3.8, 4) is 11.4 Å². The molecule has 0 amide bonds. The third-order valence-corrected chi connectivity index (χ3v) is 3.27. The fourth-order valence-corrected chi connectivity index (χ4v) is 2.24. The Hall–Kier alpha value is -2.28. The Morgan fingerprint density at radius 1 is 1.21 bits per heavy atom. The first-order valence-electron chi connectivity index (χ1n) is 5.58. The van der Waals surface area contributed by atoms with Crippen molar-refractivity contribution in [3.05, 3.63) is 47.0 Å². The molecule has 0 radical (unpaired) electrons.